The first-order valence-corrected chi connectivity index (χ1v) is 7.93. The van der Waals surface area contributed by atoms with Crippen molar-refractivity contribution in [2.45, 2.75) is 33.6 Å². The van der Waals surface area contributed by atoms with E-state index in [9.17, 15) is 0 Å². The van der Waals surface area contributed by atoms with Crippen LogP contribution in [-0.4, -0.2) is 17.0 Å². The highest BCUT2D eigenvalue weighted by molar-refractivity contribution is 9.10. The summed E-state index contributed by atoms with van der Waals surface area (Å²) in [5, 5.41) is 6.53. The Labute approximate surface area is 134 Å². The van der Waals surface area contributed by atoms with Crippen molar-refractivity contribution in [1.82, 2.24) is 9.97 Å². The molecule has 0 atom stereocenters. The highest BCUT2D eigenvalue weighted by atomic mass is 79.9. The second-order valence-corrected chi connectivity index (χ2v) is 5.91. The Morgan fingerprint density at radius 3 is 2.48 bits per heavy atom. The topological polar surface area (TPSA) is 49.8 Å². The summed E-state index contributed by atoms with van der Waals surface area (Å²) in [4.78, 5) is 9.18. The van der Waals surface area contributed by atoms with E-state index in [0.717, 1.165) is 46.0 Å². The van der Waals surface area contributed by atoms with Gasteiger partial charge in [0.2, 0.25) is 0 Å². The molecular formula is C16H21BrN4. The molecular weight excluding hydrogens is 328 g/mol. The second-order valence-electron chi connectivity index (χ2n) is 5.05. The number of nitrogens with one attached hydrogen (secondary N) is 2. The molecule has 1 heterocycles. The summed E-state index contributed by atoms with van der Waals surface area (Å²) in [6.07, 6.45) is 1.91. The van der Waals surface area contributed by atoms with Crippen LogP contribution < -0.4 is 10.6 Å². The van der Waals surface area contributed by atoms with E-state index in [2.05, 4.69) is 68.6 Å². The van der Waals surface area contributed by atoms with Crippen LogP contribution in [0.25, 0.3) is 0 Å². The minimum absolute atomic E-state index is 0.855. The monoisotopic (exact) mass is 348 g/mol. The molecule has 1 aromatic heterocycles. The van der Waals surface area contributed by atoms with Crippen LogP contribution in [0, 0.1) is 13.8 Å². The molecule has 0 unspecified atom stereocenters. The van der Waals surface area contributed by atoms with Gasteiger partial charge in [-0.25, -0.2) is 9.97 Å². The van der Waals surface area contributed by atoms with Crippen LogP contribution in [-0.2, 0) is 6.42 Å². The molecule has 1 aromatic carbocycles. The average Bonchev–Trinajstić information content (AvgIpc) is 2.46. The lowest BCUT2D eigenvalue weighted by molar-refractivity contribution is 0.835. The summed E-state index contributed by atoms with van der Waals surface area (Å²) in [5.74, 6) is 2.59. The predicted octanol–water partition coefficient (Wildman–Crippen LogP) is 4.59. The minimum atomic E-state index is 0.855. The van der Waals surface area contributed by atoms with Crippen molar-refractivity contribution in [3.63, 3.8) is 0 Å². The van der Waals surface area contributed by atoms with Gasteiger partial charge < -0.3 is 10.6 Å². The Morgan fingerprint density at radius 2 is 1.86 bits per heavy atom. The summed E-state index contributed by atoms with van der Waals surface area (Å²) in [6, 6.07) is 6.20. The maximum absolute atomic E-state index is 4.64. The molecule has 0 aliphatic rings. The summed E-state index contributed by atoms with van der Waals surface area (Å²) < 4.78 is 1.09. The van der Waals surface area contributed by atoms with Crippen LogP contribution in [0.4, 0.5) is 17.3 Å². The third-order valence-corrected chi connectivity index (χ3v) is 4.19. The zero-order valence-electron chi connectivity index (χ0n) is 12.9. The van der Waals surface area contributed by atoms with Crippen molar-refractivity contribution in [2.24, 2.45) is 0 Å². The van der Waals surface area contributed by atoms with Gasteiger partial charge in [-0.15, -0.1) is 0 Å². The van der Waals surface area contributed by atoms with E-state index >= 15 is 0 Å². The van der Waals surface area contributed by atoms with Gasteiger partial charge in [-0.3, -0.25) is 0 Å². The maximum Gasteiger partial charge on any atom is 0.139 e. The largest absolute Gasteiger partial charge is 0.373 e. The van der Waals surface area contributed by atoms with Gasteiger partial charge in [0.05, 0.1) is 0 Å². The standard InChI is InChI=1S/C16H21BrN4/c1-5-6-14-20-15(18-4)11(3)16(21-14)19-12-8-7-10(2)13(17)9-12/h7-9H,5-6H2,1-4H3,(H2,18,19,20,21). The van der Waals surface area contributed by atoms with E-state index in [0.29, 0.717) is 0 Å². The number of hydrogen-bond donors (Lipinski definition) is 2. The Bertz CT molecular complexity index is 640. The fourth-order valence-electron chi connectivity index (χ4n) is 2.07. The lowest BCUT2D eigenvalue weighted by atomic mass is 10.2. The van der Waals surface area contributed by atoms with Crippen molar-refractivity contribution in [1.29, 1.82) is 0 Å². The number of nitrogens with zero attached hydrogens (tertiary/aromatic N) is 2. The minimum Gasteiger partial charge on any atom is -0.373 e. The number of rotatable bonds is 5. The predicted molar refractivity (Wildman–Crippen MR) is 92.5 cm³/mol. The van der Waals surface area contributed by atoms with E-state index in [-0.39, 0.29) is 0 Å². The van der Waals surface area contributed by atoms with Crippen LogP contribution in [0.5, 0.6) is 0 Å². The van der Waals surface area contributed by atoms with Crippen molar-refractivity contribution >= 4 is 33.3 Å². The zero-order valence-corrected chi connectivity index (χ0v) is 14.5. The van der Waals surface area contributed by atoms with E-state index < -0.39 is 0 Å². The first-order valence-electron chi connectivity index (χ1n) is 7.13. The van der Waals surface area contributed by atoms with Crippen molar-refractivity contribution in [3.05, 3.63) is 39.6 Å². The lowest BCUT2D eigenvalue weighted by Crippen LogP contribution is -2.07. The number of halogens is 1. The molecule has 0 saturated heterocycles. The van der Waals surface area contributed by atoms with Crippen LogP contribution in [0.2, 0.25) is 0 Å². The molecule has 2 aromatic rings. The maximum atomic E-state index is 4.64. The smallest absolute Gasteiger partial charge is 0.139 e. The molecule has 0 fully saturated rings. The number of aryl methyl sites for hydroxylation is 2. The number of hydrogen-bond acceptors (Lipinski definition) is 4. The van der Waals surface area contributed by atoms with Crippen LogP contribution in [0.15, 0.2) is 22.7 Å². The number of benzene rings is 1. The Hall–Kier alpha value is -1.62. The molecule has 4 nitrogen and oxygen atoms in total. The van der Waals surface area contributed by atoms with E-state index in [1.807, 2.05) is 14.0 Å². The Kier molecular flexibility index (Phi) is 5.17. The molecule has 0 saturated carbocycles. The van der Waals surface area contributed by atoms with Gasteiger partial charge in [0.1, 0.15) is 17.5 Å². The fourth-order valence-corrected chi connectivity index (χ4v) is 2.45. The highest BCUT2D eigenvalue weighted by Gasteiger charge is 2.10. The molecule has 21 heavy (non-hydrogen) atoms. The SMILES string of the molecule is CCCc1nc(NC)c(C)c(Nc2ccc(C)c(Br)c2)n1. The third-order valence-electron chi connectivity index (χ3n) is 3.34. The molecule has 0 aliphatic heterocycles. The number of aromatic nitrogens is 2. The molecule has 0 radical (unpaired) electrons. The van der Waals surface area contributed by atoms with Crippen LogP contribution in [0.3, 0.4) is 0 Å². The molecule has 0 spiro atoms. The first-order chi connectivity index (χ1) is 10.0. The molecule has 2 rings (SSSR count). The Morgan fingerprint density at radius 1 is 1.14 bits per heavy atom. The quantitative estimate of drug-likeness (QED) is 0.829. The number of anilines is 3. The first kappa shape index (κ1) is 15.8. The molecule has 5 heteroatoms. The molecule has 0 bridgehead atoms. The molecule has 0 amide bonds. The van der Waals surface area contributed by atoms with Crippen molar-refractivity contribution < 1.29 is 0 Å². The fraction of sp³-hybridized carbons (Fsp3) is 0.375. The molecule has 2 N–H and O–H groups in total. The van der Waals surface area contributed by atoms with Gasteiger partial charge in [-0.2, -0.15) is 0 Å². The zero-order chi connectivity index (χ0) is 15.4. The van der Waals surface area contributed by atoms with Gasteiger partial charge in [-0.1, -0.05) is 28.9 Å². The summed E-state index contributed by atoms with van der Waals surface area (Å²) >= 11 is 3.56. The second kappa shape index (κ2) is 6.89. The van der Waals surface area contributed by atoms with Crippen molar-refractivity contribution in [3.8, 4) is 0 Å². The highest BCUT2D eigenvalue weighted by Crippen LogP contribution is 2.26. The van der Waals surface area contributed by atoms with E-state index in [1.54, 1.807) is 0 Å². The van der Waals surface area contributed by atoms with E-state index in [4.69, 9.17) is 0 Å². The normalized spacial score (nSPS) is 10.5. The van der Waals surface area contributed by atoms with Crippen molar-refractivity contribution in [2.75, 3.05) is 17.7 Å². The summed E-state index contributed by atoms with van der Waals surface area (Å²) in [5.41, 5.74) is 3.25. The molecule has 0 aliphatic carbocycles. The lowest BCUT2D eigenvalue weighted by Gasteiger charge is -2.14. The van der Waals surface area contributed by atoms with E-state index in [1.165, 1.54) is 5.56 Å². The summed E-state index contributed by atoms with van der Waals surface area (Å²) in [7, 11) is 1.89. The van der Waals surface area contributed by atoms with Gasteiger partial charge in [-0.05, 0) is 38.0 Å². The third kappa shape index (κ3) is 3.73. The van der Waals surface area contributed by atoms with Gasteiger partial charge >= 0.3 is 0 Å². The van der Waals surface area contributed by atoms with Gasteiger partial charge in [0.25, 0.3) is 0 Å². The van der Waals surface area contributed by atoms with Crippen LogP contribution >= 0.6 is 15.9 Å². The molecule has 112 valence electrons. The van der Waals surface area contributed by atoms with Gasteiger partial charge in [0, 0.05) is 29.2 Å². The Balaban J connectivity index is 2.37. The van der Waals surface area contributed by atoms with Crippen LogP contribution in [0.1, 0.15) is 30.3 Å². The van der Waals surface area contributed by atoms with Gasteiger partial charge in [0.15, 0.2) is 0 Å². The average molecular weight is 349 g/mol. The summed E-state index contributed by atoms with van der Waals surface area (Å²) in [6.45, 7) is 6.22.